The highest BCUT2D eigenvalue weighted by Crippen LogP contribution is 2.04. The van der Waals surface area contributed by atoms with E-state index in [4.69, 9.17) is 4.84 Å². The number of hydrogen-bond acceptors (Lipinski definition) is 5. The lowest BCUT2D eigenvalue weighted by Gasteiger charge is -2.20. The van der Waals surface area contributed by atoms with Gasteiger partial charge in [0.05, 0.1) is 20.3 Å². The van der Waals surface area contributed by atoms with Crippen LogP contribution in [0.4, 0.5) is 0 Å². The van der Waals surface area contributed by atoms with Gasteiger partial charge in [0.15, 0.2) is 5.60 Å². The fraction of sp³-hybridized carbons (Fsp3) is 0.417. The quantitative estimate of drug-likeness (QED) is 0.433. The van der Waals surface area contributed by atoms with Crippen LogP contribution < -0.4 is 5.48 Å². The Hall–Kier alpha value is -1.43. The predicted octanol–water partition coefficient (Wildman–Crippen LogP) is 0.632. The molecular weight excluding hydrogens is 222 g/mol. The Morgan fingerprint density at radius 3 is 2.65 bits per heavy atom. The molecule has 0 aliphatic rings. The average Bonchev–Trinajstić information content (AvgIpc) is 2.35. The van der Waals surface area contributed by atoms with Crippen molar-refractivity contribution in [1.82, 2.24) is 5.48 Å². The van der Waals surface area contributed by atoms with Gasteiger partial charge in [-0.25, -0.2) is 4.79 Å². The minimum absolute atomic E-state index is 0.0352. The third-order valence-electron chi connectivity index (χ3n) is 2.23. The minimum Gasteiger partial charge on any atom is -0.467 e. The highest BCUT2D eigenvalue weighted by Gasteiger charge is 2.31. The van der Waals surface area contributed by atoms with Crippen molar-refractivity contribution in [2.75, 3.05) is 13.7 Å². The number of carbonyl (C=O) groups excluding carboxylic acids is 1. The molecule has 1 aromatic rings. The van der Waals surface area contributed by atoms with Crippen molar-refractivity contribution >= 4 is 5.97 Å². The highest BCUT2D eigenvalue weighted by atomic mass is 16.6. The molecule has 0 fully saturated rings. The van der Waals surface area contributed by atoms with E-state index in [-0.39, 0.29) is 6.54 Å². The van der Waals surface area contributed by atoms with Gasteiger partial charge in [-0.15, -0.1) is 0 Å². The monoisotopic (exact) mass is 239 g/mol. The SMILES string of the molecule is COC(=O)C(C)(O)CNOCc1ccccc1. The van der Waals surface area contributed by atoms with Gasteiger partial charge in [-0.1, -0.05) is 30.3 Å². The molecule has 0 amide bonds. The number of methoxy groups -OCH3 is 1. The number of hydrogen-bond donors (Lipinski definition) is 2. The fourth-order valence-electron chi connectivity index (χ4n) is 1.19. The molecule has 0 heterocycles. The van der Waals surface area contributed by atoms with E-state index in [1.807, 2.05) is 30.3 Å². The van der Waals surface area contributed by atoms with Gasteiger partial charge in [-0.05, 0) is 12.5 Å². The van der Waals surface area contributed by atoms with Crippen molar-refractivity contribution in [2.24, 2.45) is 0 Å². The Morgan fingerprint density at radius 2 is 2.06 bits per heavy atom. The van der Waals surface area contributed by atoms with Crippen molar-refractivity contribution < 1.29 is 19.5 Å². The lowest BCUT2D eigenvalue weighted by Crippen LogP contribution is -2.45. The molecular formula is C12H17NO4. The summed E-state index contributed by atoms with van der Waals surface area (Å²) in [5.41, 5.74) is 1.94. The first-order valence-electron chi connectivity index (χ1n) is 5.25. The molecule has 94 valence electrons. The number of esters is 1. The van der Waals surface area contributed by atoms with Crippen LogP contribution in [0.3, 0.4) is 0 Å². The second-order valence-corrected chi connectivity index (χ2v) is 3.86. The largest absolute Gasteiger partial charge is 0.467 e. The summed E-state index contributed by atoms with van der Waals surface area (Å²) in [6.07, 6.45) is 0. The van der Waals surface area contributed by atoms with E-state index in [1.165, 1.54) is 14.0 Å². The van der Waals surface area contributed by atoms with Crippen LogP contribution in [0, 0.1) is 0 Å². The van der Waals surface area contributed by atoms with E-state index in [9.17, 15) is 9.90 Å². The van der Waals surface area contributed by atoms with Gasteiger partial charge in [0.1, 0.15) is 0 Å². The molecule has 5 nitrogen and oxygen atoms in total. The first kappa shape index (κ1) is 13.6. The Balaban J connectivity index is 2.27. The Kier molecular flexibility index (Phi) is 5.09. The second kappa shape index (κ2) is 6.34. The standard InChI is InChI=1S/C12H17NO4/c1-12(15,11(14)16-2)9-13-17-8-10-6-4-3-5-7-10/h3-7,13,15H,8-9H2,1-2H3. The van der Waals surface area contributed by atoms with E-state index in [2.05, 4.69) is 10.2 Å². The van der Waals surface area contributed by atoms with Gasteiger partial charge in [0.2, 0.25) is 0 Å². The molecule has 0 radical (unpaired) electrons. The molecule has 0 aromatic heterocycles. The van der Waals surface area contributed by atoms with Crippen LogP contribution in [0.1, 0.15) is 12.5 Å². The predicted molar refractivity (Wildman–Crippen MR) is 61.9 cm³/mol. The maximum absolute atomic E-state index is 11.1. The van der Waals surface area contributed by atoms with Crippen LogP contribution >= 0.6 is 0 Å². The summed E-state index contributed by atoms with van der Waals surface area (Å²) in [4.78, 5) is 16.3. The highest BCUT2D eigenvalue weighted by molar-refractivity contribution is 5.78. The van der Waals surface area contributed by atoms with Crippen LogP contribution in [-0.2, 0) is 21.0 Å². The second-order valence-electron chi connectivity index (χ2n) is 3.86. The molecule has 1 rings (SSSR count). The maximum atomic E-state index is 11.1. The zero-order chi connectivity index (χ0) is 12.7. The third-order valence-corrected chi connectivity index (χ3v) is 2.23. The molecule has 0 aliphatic heterocycles. The zero-order valence-corrected chi connectivity index (χ0v) is 9.97. The van der Waals surface area contributed by atoms with Crippen LogP contribution in [0.2, 0.25) is 0 Å². The Morgan fingerprint density at radius 1 is 1.41 bits per heavy atom. The number of nitrogens with one attached hydrogen (secondary N) is 1. The number of benzene rings is 1. The average molecular weight is 239 g/mol. The maximum Gasteiger partial charge on any atom is 0.338 e. The van der Waals surface area contributed by atoms with Crippen molar-refractivity contribution in [2.45, 2.75) is 19.1 Å². The van der Waals surface area contributed by atoms with E-state index in [0.29, 0.717) is 6.61 Å². The van der Waals surface area contributed by atoms with E-state index >= 15 is 0 Å². The van der Waals surface area contributed by atoms with Gasteiger partial charge in [-0.2, -0.15) is 5.48 Å². The first-order valence-corrected chi connectivity index (χ1v) is 5.25. The molecule has 0 spiro atoms. The molecule has 17 heavy (non-hydrogen) atoms. The Bertz CT molecular complexity index is 351. The smallest absolute Gasteiger partial charge is 0.338 e. The summed E-state index contributed by atoms with van der Waals surface area (Å²) < 4.78 is 4.45. The summed E-state index contributed by atoms with van der Waals surface area (Å²) in [7, 11) is 1.22. The Labute approximate surface area is 100 Å². The summed E-state index contributed by atoms with van der Waals surface area (Å²) in [5.74, 6) is -0.701. The third kappa shape index (κ3) is 4.52. The number of carbonyl (C=O) groups is 1. The molecule has 1 unspecified atom stereocenters. The number of hydroxylamine groups is 1. The van der Waals surface area contributed by atoms with Gasteiger partial charge in [0.25, 0.3) is 0 Å². The van der Waals surface area contributed by atoms with Crippen LogP contribution in [0.5, 0.6) is 0 Å². The fourth-order valence-corrected chi connectivity index (χ4v) is 1.19. The van der Waals surface area contributed by atoms with Crippen LogP contribution in [0.15, 0.2) is 30.3 Å². The lowest BCUT2D eigenvalue weighted by molar-refractivity contribution is -0.162. The van der Waals surface area contributed by atoms with Crippen molar-refractivity contribution in [3.63, 3.8) is 0 Å². The summed E-state index contributed by atoms with van der Waals surface area (Å²) in [6.45, 7) is 1.68. The van der Waals surface area contributed by atoms with Crippen molar-refractivity contribution in [3.05, 3.63) is 35.9 Å². The van der Waals surface area contributed by atoms with Crippen molar-refractivity contribution in [3.8, 4) is 0 Å². The molecule has 0 aliphatic carbocycles. The molecule has 0 bridgehead atoms. The summed E-state index contributed by atoms with van der Waals surface area (Å²) >= 11 is 0. The van der Waals surface area contributed by atoms with E-state index < -0.39 is 11.6 Å². The molecule has 2 N–H and O–H groups in total. The number of aliphatic hydroxyl groups is 1. The van der Waals surface area contributed by atoms with Gasteiger partial charge >= 0.3 is 5.97 Å². The van der Waals surface area contributed by atoms with Gasteiger partial charge in [-0.3, -0.25) is 4.84 Å². The normalized spacial score (nSPS) is 14.1. The first-order chi connectivity index (χ1) is 8.06. The number of ether oxygens (including phenoxy) is 1. The molecule has 5 heteroatoms. The molecule has 1 atom stereocenters. The minimum atomic E-state index is -1.59. The van der Waals surface area contributed by atoms with E-state index in [1.54, 1.807) is 0 Å². The van der Waals surface area contributed by atoms with E-state index in [0.717, 1.165) is 5.56 Å². The van der Waals surface area contributed by atoms with Crippen molar-refractivity contribution in [1.29, 1.82) is 0 Å². The number of rotatable bonds is 6. The topological polar surface area (TPSA) is 67.8 Å². The van der Waals surface area contributed by atoms with Crippen LogP contribution in [-0.4, -0.2) is 30.3 Å². The molecule has 0 saturated carbocycles. The molecule has 0 saturated heterocycles. The summed E-state index contributed by atoms with van der Waals surface area (Å²) in [5, 5.41) is 9.66. The van der Waals surface area contributed by atoms with Gasteiger partial charge < -0.3 is 9.84 Å². The lowest BCUT2D eigenvalue weighted by atomic mass is 10.1. The zero-order valence-electron chi connectivity index (χ0n) is 9.97. The van der Waals surface area contributed by atoms with Crippen LogP contribution in [0.25, 0.3) is 0 Å². The summed E-state index contributed by atoms with van der Waals surface area (Å²) in [6, 6.07) is 9.56. The molecule has 1 aromatic carbocycles. The van der Waals surface area contributed by atoms with Gasteiger partial charge in [0, 0.05) is 0 Å².